The maximum absolute atomic E-state index is 13.7. The molecule has 4 rings (SSSR count). The Morgan fingerprint density at radius 1 is 0.760 bits per heavy atom. The van der Waals surface area contributed by atoms with Crippen molar-refractivity contribution >= 4 is 19.2 Å². The Morgan fingerprint density at radius 2 is 1.28 bits per heavy atom. The smallest absolute Gasteiger partial charge is 0.287 e. The molecule has 0 spiro atoms. The van der Waals surface area contributed by atoms with Gasteiger partial charge in [-0.25, -0.2) is 14.0 Å². The second-order valence-corrected chi connectivity index (χ2v) is 10.3. The van der Waals surface area contributed by atoms with Gasteiger partial charge in [-0.1, -0.05) is 24.3 Å². The summed E-state index contributed by atoms with van der Waals surface area (Å²) in [5, 5.41) is 0. The van der Waals surface area contributed by atoms with Gasteiger partial charge in [0, 0.05) is 58.2 Å². The van der Waals surface area contributed by atoms with Crippen LogP contribution < -0.4 is 0 Å². The van der Waals surface area contributed by atoms with Crippen molar-refractivity contribution in [2.45, 2.75) is 25.3 Å². The molecule has 138 valence electrons. The second-order valence-electron chi connectivity index (χ2n) is 7.31. The first kappa shape index (κ1) is 18.0. The van der Waals surface area contributed by atoms with E-state index >= 15 is 0 Å². The van der Waals surface area contributed by atoms with E-state index in [1.165, 1.54) is 11.1 Å². The van der Waals surface area contributed by atoms with E-state index in [0.29, 0.717) is 5.88 Å². The van der Waals surface area contributed by atoms with E-state index in [-0.39, 0.29) is 0 Å². The molecule has 1 atom stereocenters. The number of hydrogen-bond donors (Lipinski definition) is 0. The molecule has 1 aromatic rings. The molecular formula is C18H28ClN4OP. The standard InChI is InChI=1S/C18H28ClN4OP/c19-15-17-3-5-18(6-4-17)16-20-7-1-8-22-13-14-23-10-2-9-21(12-11-20)25(22,23)24/h3-6H,1-2,7-16H2. The molecular weight excluding hydrogens is 355 g/mol. The summed E-state index contributed by atoms with van der Waals surface area (Å²) in [5.41, 5.74) is 2.50. The second kappa shape index (κ2) is 7.67. The number of benzene rings is 1. The van der Waals surface area contributed by atoms with E-state index in [4.69, 9.17) is 11.6 Å². The average molecular weight is 383 g/mol. The fraction of sp³-hybridized carbons (Fsp3) is 0.667. The van der Waals surface area contributed by atoms with Crippen LogP contribution in [0.1, 0.15) is 24.0 Å². The molecule has 3 heterocycles. The molecule has 1 unspecified atom stereocenters. The lowest BCUT2D eigenvalue weighted by atomic mass is 10.1. The molecule has 3 aliphatic rings. The minimum Gasteiger partial charge on any atom is -0.298 e. The van der Waals surface area contributed by atoms with E-state index in [1.54, 1.807) is 0 Å². The van der Waals surface area contributed by atoms with Gasteiger partial charge in [0.15, 0.2) is 0 Å². The molecule has 3 fully saturated rings. The lowest BCUT2D eigenvalue weighted by molar-refractivity contribution is 0.227. The third-order valence-electron chi connectivity index (χ3n) is 5.70. The minimum absolute atomic E-state index is 0.570. The number of halogens is 1. The fourth-order valence-corrected chi connectivity index (χ4v) is 7.82. The van der Waals surface area contributed by atoms with Gasteiger partial charge in [0.25, 0.3) is 7.59 Å². The summed E-state index contributed by atoms with van der Waals surface area (Å²) >= 11 is 5.89. The predicted molar refractivity (Wildman–Crippen MR) is 103 cm³/mol. The monoisotopic (exact) mass is 382 g/mol. The normalized spacial score (nSPS) is 29.8. The topological polar surface area (TPSA) is 30.0 Å². The first-order valence-electron chi connectivity index (χ1n) is 9.42. The Bertz CT molecular complexity index is 640. The highest BCUT2D eigenvalue weighted by Crippen LogP contribution is 2.61. The molecule has 1 aromatic carbocycles. The molecule has 7 heteroatoms. The molecule has 3 aliphatic heterocycles. The van der Waals surface area contributed by atoms with E-state index < -0.39 is 7.59 Å². The zero-order valence-electron chi connectivity index (χ0n) is 14.8. The zero-order valence-corrected chi connectivity index (χ0v) is 16.5. The van der Waals surface area contributed by atoms with E-state index in [2.05, 4.69) is 43.2 Å². The molecule has 0 aliphatic carbocycles. The number of alkyl halides is 1. The van der Waals surface area contributed by atoms with Crippen molar-refractivity contribution in [3.8, 4) is 0 Å². The van der Waals surface area contributed by atoms with Crippen LogP contribution >= 0.6 is 19.2 Å². The van der Waals surface area contributed by atoms with Gasteiger partial charge in [-0.3, -0.25) is 9.46 Å². The quantitative estimate of drug-likeness (QED) is 0.592. The van der Waals surface area contributed by atoms with Crippen LogP contribution in [-0.4, -0.2) is 71.3 Å². The van der Waals surface area contributed by atoms with Gasteiger partial charge in [-0.2, -0.15) is 0 Å². The van der Waals surface area contributed by atoms with Crippen LogP contribution in [-0.2, 0) is 17.0 Å². The van der Waals surface area contributed by atoms with Crippen molar-refractivity contribution in [3.05, 3.63) is 35.4 Å². The average Bonchev–Trinajstić information content (AvgIpc) is 2.99. The summed E-state index contributed by atoms with van der Waals surface area (Å²) in [6.45, 7) is 8.80. The highest BCUT2D eigenvalue weighted by Gasteiger charge is 2.49. The van der Waals surface area contributed by atoms with Gasteiger partial charge in [-0.15, -0.1) is 11.6 Å². The summed E-state index contributed by atoms with van der Waals surface area (Å²) < 4.78 is 20.6. The molecule has 0 bridgehead atoms. The Balaban J connectivity index is 1.46. The van der Waals surface area contributed by atoms with E-state index in [0.717, 1.165) is 71.7 Å². The first-order valence-corrected chi connectivity index (χ1v) is 11.5. The third-order valence-corrected chi connectivity index (χ3v) is 9.42. The van der Waals surface area contributed by atoms with E-state index in [9.17, 15) is 4.57 Å². The van der Waals surface area contributed by atoms with Gasteiger partial charge in [0.2, 0.25) is 0 Å². The Kier molecular flexibility index (Phi) is 5.52. The largest absolute Gasteiger partial charge is 0.298 e. The molecule has 0 amide bonds. The lowest BCUT2D eigenvalue weighted by Gasteiger charge is -2.42. The lowest BCUT2D eigenvalue weighted by Crippen LogP contribution is -2.42. The number of rotatable bonds is 3. The SMILES string of the molecule is O=P12N3CCCN1CCN2CCCN(Cc1ccc(CCl)cc1)CC3. The number of hydrogen-bond acceptors (Lipinski definition) is 2. The molecule has 0 saturated carbocycles. The summed E-state index contributed by atoms with van der Waals surface area (Å²) in [6.07, 6.45) is 2.23. The molecule has 5 nitrogen and oxygen atoms in total. The van der Waals surface area contributed by atoms with Gasteiger partial charge in [0.05, 0.1) is 0 Å². The Hall–Kier alpha value is -0.420. The van der Waals surface area contributed by atoms with Crippen LogP contribution in [0.5, 0.6) is 0 Å². The van der Waals surface area contributed by atoms with Crippen molar-refractivity contribution in [1.82, 2.24) is 18.9 Å². The molecule has 0 radical (unpaired) electrons. The number of nitrogens with zero attached hydrogens (tertiary/aromatic N) is 4. The summed E-state index contributed by atoms with van der Waals surface area (Å²) in [5.74, 6) is 0.570. The molecule has 3 saturated heterocycles. The molecule has 25 heavy (non-hydrogen) atoms. The molecule has 0 N–H and O–H groups in total. The van der Waals surface area contributed by atoms with Gasteiger partial charge in [0.1, 0.15) is 0 Å². The van der Waals surface area contributed by atoms with Crippen LogP contribution in [0.2, 0.25) is 0 Å². The fourth-order valence-electron chi connectivity index (χ4n) is 4.32. The summed E-state index contributed by atoms with van der Waals surface area (Å²) in [7, 11) is -2.45. The summed E-state index contributed by atoms with van der Waals surface area (Å²) in [4.78, 5) is 2.52. The van der Waals surface area contributed by atoms with Crippen molar-refractivity contribution < 1.29 is 4.57 Å². The van der Waals surface area contributed by atoms with Crippen molar-refractivity contribution in [2.75, 3.05) is 52.4 Å². The molecule has 0 aromatic heterocycles. The highest BCUT2D eigenvalue weighted by molar-refractivity contribution is 7.56. The third kappa shape index (κ3) is 3.55. The van der Waals surface area contributed by atoms with Crippen LogP contribution in [0.4, 0.5) is 0 Å². The summed E-state index contributed by atoms with van der Waals surface area (Å²) in [6, 6.07) is 8.62. The maximum Gasteiger partial charge on any atom is 0.287 e. The van der Waals surface area contributed by atoms with Crippen LogP contribution in [0.15, 0.2) is 24.3 Å². The predicted octanol–water partition coefficient (Wildman–Crippen LogP) is 3.06. The van der Waals surface area contributed by atoms with Gasteiger partial charge >= 0.3 is 0 Å². The highest BCUT2D eigenvalue weighted by atomic mass is 35.5. The van der Waals surface area contributed by atoms with Gasteiger partial charge in [-0.05, 0) is 30.5 Å². The van der Waals surface area contributed by atoms with Crippen molar-refractivity contribution in [1.29, 1.82) is 0 Å². The first-order chi connectivity index (χ1) is 12.2. The van der Waals surface area contributed by atoms with Crippen molar-refractivity contribution in [2.24, 2.45) is 0 Å². The van der Waals surface area contributed by atoms with Gasteiger partial charge < -0.3 is 0 Å². The Morgan fingerprint density at radius 3 is 1.88 bits per heavy atom. The minimum atomic E-state index is -2.45. The van der Waals surface area contributed by atoms with Crippen LogP contribution in [0.25, 0.3) is 0 Å². The van der Waals surface area contributed by atoms with E-state index in [1.807, 2.05) is 0 Å². The van der Waals surface area contributed by atoms with Crippen LogP contribution in [0, 0.1) is 0 Å². The maximum atomic E-state index is 13.7. The Labute approximate surface area is 156 Å². The van der Waals surface area contributed by atoms with Crippen molar-refractivity contribution in [3.63, 3.8) is 0 Å². The van der Waals surface area contributed by atoms with Crippen LogP contribution in [0.3, 0.4) is 0 Å². The zero-order chi connectivity index (χ0) is 17.3.